The highest BCUT2D eigenvalue weighted by Crippen LogP contribution is 2.41. The second kappa shape index (κ2) is 8.81. The van der Waals surface area contributed by atoms with Crippen molar-refractivity contribution >= 4 is 21.6 Å². The molecule has 0 radical (unpaired) electrons. The Morgan fingerprint density at radius 2 is 1.77 bits per heavy atom. The van der Waals surface area contributed by atoms with Crippen LogP contribution in [0.2, 0.25) is 0 Å². The van der Waals surface area contributed by atoms with Gasteiger partial charge in [0.1, 0.15) is 11.6 Å². The molecule has 1 atom stereocenters. The van der Waals surface area contributed by atoms with Gasteiger partial charge in [0.25, 0.3) is 10.0 Å². The van der Waals surface area contributed by atoms with Gasteiger partial charge >= 0.3 is 0 Å². The van der Waals surface area contributed by atoms with Crippen LogP contribution in [-0.2, 0) is 10.0 Å². The first-order valence-corrected chi connectivity index (χ1v) is 12.8. The normalized spacial score (nSPS) is 17.0. The largest absolute Gasteiger partial charge is 0.497 e. The lowest BCUT2D eigenvalue weighted by Crippen LogP contribution is -2.41. The van der Waals surface area contributed by atoms with Gasteiger partial charge in [-0.3, -0.25) is 4.57 Å². The third-order valence-corrected chi connectivity index (χ3v) is 8.08. The second-order valence-corrected chi connectivity index (χ2v) is 10.5. The maximum atomic E-state index is 13.4. The van der Waals surface area contributed by atoms with Crippen LogP contribution in [0.4, 0.5) is 5.82 Å². The molecular weight excluding hydrogens is 464 g/mol. The van der Waals surface area contributed by atoms with Crippen LogP contribution in [0.15, 0.2) is 77.2 Å². The van der Waals surface area contributed by atoms with Crippen molar-refractivity contribution in [2.75, 3.05) is 38.8 Å². The van der Waals surface area contributed by atoms with E-state index >= 15 is 0 Å². The number of hydrazone groups is 1. The first-order valence-electron chi connectivity index (χ1n) is 11.4. The highest BCUT2D eigenvalue weighted by Gasteiger charge is 2.42. The number of rotatable bonds is 7. The zero-order valence-corrected chi connectivity index (χ0v) is 20.8. The molecule has 0 amide bonds. The number of hydrogen-bond acceptors (Lipinski definition) is 6. The molecule has 0 saturated heterocycles. The summed E-state index contributed by atoms with van der Waals surface area (Å²) in [4.78, 5) is 2.43. The summed E-state index contributed by atoms with van der Waals surface area (Å²) in [5, 5.41) is 4.65. The van der Waals surface area contributed by atoms with Gasteiger partial charge in [0.05, 0.1) is 37.1 Å². The van der Waals surface area contributed by atoms with Crippen molar-refractivity contribution in [2.45, 2.75) is 11.8 Å². The minimum atomic E-state index is -3.76. The first-order chi connectivity index (χ1) is 16.9. The van der Waals surface area contributed by atoms with Crippen molar-refractivity contribution in [1.82, 2.24) is 8.98 Å². The number of methoxy groups -OCH3 is 2. The fourth-order valence-electron chi connectivity index (χ4n) is 4.70. The van der Waals surface area contributed by atoms with Gasteiger partial charge in [-0.1, -0.05) is 23.8 Å². The third-order valence-electron chi connectivity index (χ3n) is 6.43. The van der Waals surface area contributed by atoms with Crippen LogP contribution in [0.5, 0.6) is 11.6 Å². The van der Waals surface area contributed by atoms with Gasteiger partial charge in [-0.25, -0.2) is 0 Å². The monoisotopic (exact) mass is 492 g/mol. The molecule has 3 aromatic rings. The lowest BCUT2D eigenvalue weighted by molar-refractivity contribution is 0.389. The summed E-state index contributed by atoms with van der Waals surface area (Å²) < 4.78 is 41.1. The Bertz CT molecular complexity index is 1390. The molecule has 2 aliphatic heterocycles. The molecule has 35 heavy (non-hydrogen) atoms. The molecule has 2 aliphatic rings. The fourth-order valence-corrected chi connectivity index (χ4v) is 5.99. The van der Waals surface area contributed by atoms with Crippen molar-refractivity contribution in [3.05, 3.63) is 78.4 Å². The number of aromatic nitrogens is 1. The number of benzene rings is 2. The average Bonchev–Trinajstić information content (AvgIpc) is 3.47. The van der Waals surface area contributed by atoms with E-state index in [9.17, 15) is 8.42 Å². The third kappa shape index (κ3) is 3.85. The van der Waals surface area contributed by atoms with Crippen molar-refractivity contribution in [1.29, 1.82) is 0 Å². The molecule has 0 saturated carbocycles. The van der Waals surface area contributed by atoms with E-state index in [-0.39, 0.29) is 17.4 Å². The number of hydrogen-bond donors (Lipinski definition) is 0. The van der Waals surface area contributed by atoms with Gasteiger partial charge in [-0.05, 0) is 43.3 Å². The Hall–Kier alpha value is -3.72. The Morgan fingerprint density at radius 1 is 1.06 bits per heavy atom. The lowest BCUT2D eigenvalue weighted by Gasteiger charge is -2.33. The van der Waals surface area contributed by atoms with Crippen molar-refractivity contribution in [3.8, 4) is 17.3 Å². The van der Waals surface area contributed by atoms with Gasteiger partial charge in [0, 0.05) is 30.6 Å². The molecule has 3 heterocycles. The second-order valence-electron chi connectivity index (χ2n) is 8.66. The summed E-state index contributed by atoms with van der Waals surface area (Å²) in [6.07, 6.45) is 1.85. The van der Waals surface area contributed by atoms with Gasteiger partial charge < -0.3 is 14.4 Å². The molecule has 0 fully saturated rings. The average molecular weight is 493 g/mol. The number of fused-ring (bicyclic) bond motifs is 3. The highest BCUT2D eigenvalue weighted by molar-refractivity contribution is 7.89. The van der Waals surface area contributed by atoms with Crippen LogP contribution < -0.4 is 14.4 Å². The standard InChI is InChI=1S/C26H28N4O4S/c1-5-14-28-16-19-17-29(35(31,32)22-12-6-18(2)7-13-22)27-25(19)23-15-24(34-4)30(26(23)28)20-8-10-21(33-3)11-9-20/h5-13,15,19H,1,14,16-17H2,2-4H3. The van der Waals surface area contributed by atoms with Gasteiger partial charge in [0.2, 0.25) is 0 Å². The predicted molar refractivity (Wildman–Crippen MR) is 136 cm³/mol. The highest BCUT2D eigenvalue weighted by atomic mass is 32.2. The van der Waals surface area contributed by atoms with E-state index < -0.39 is 10.0 Å². The summed E-state index contributed by atoms with van der Waals surface area (Å²) >= 11 is 0. The van der Waals surface area contributed by atoms with Crippen LogP contribution in [0.25, 0.3) is 5.69 Å². The van der Waals surface area contributed by atoms with E-state index in [2.05, 4.69) is 16.6 Å². The number of sulfonamides is 1. The Labute approximate surface area is 205 Å². The van der Waals surface area contributed by atoms with E-state index in [1.807, 2.05) is 47.9 Å². The van der Waals surface area contributed by atoms with Crippen LogP contribution in [-0.4, -0.2) is 57.0 Å². The van der Waals surface area contributed by atoms with Gasteiger partial charge in [0.15, 0.2) is 5.88 Å². The SMILES string of the molecule is C=CCN1CC2CN(S(=O)(=O)c3ccc(C)cc3)N=C2c2cc(OC)n(-c3ccc(OC)cc3)c21. The number of anilines is 1. The molecule has 8 nitrogen and oxygen atoms in total. The van der Waals surface area contributed by atoms with Gasteiger partial charge in [-0.15, -0.1) is 6.58 Å². The summed E-state index contributed by atoms with van der Waals surface area (Å²) in [7, 11) is -0.501. The van der Waals surface area contributed by atoms with Crippen molar-refractivity contribution in [2.24, 2.45) is 11.0 Å². The van der Waals surface area contributed by atoms with Crippen LogP contribution in [0.1, 0.15) is 11.1 Å². The summed E-state index contributed by atoms with van der Waals surface area (Å²) in [6.45, 7) is 7.36. The van der Waals surface area contributed by atoms with Crippen LogP contribution in [0.3, 0.4) is 0 Å². The van der Waals surface area contributed by atoms with E-state index in [4.69, 9.17) is 9.47 Å². The minimum Gasteiger partial charge on any atom is -0.497 e. The zero-order chi connectivity index (χ0) is 24.7. The molecule has 0 bridgehead atoms. The Kier molecular flexibility index (Phi) is 5.80. The maximum Gasteiger partial charge on any atom is 0.279 e. The quantitative estimate of drug-likeness (QED) is 0.469. The van der Waals surface area contributed by atoms with Gasteiger partial charge in [-0.2, -0.15) is 17.9 Å². The summed E-state index contributed by atoms with van der Waals surface area (Å²) in [6, 6.07) is 16.5. The van der Waals surface area contributed by atoms with Crippen LogP contribution >= 0.6 is 0 Å². The minimum absolute atomic E-state index is 0.0703. The molecule has 9 heteroatoms. The molecular formula is C26H28N4O4S. The molecule has 1 aromatic heterocycles. The predicted octanol–water partition coefficient (Wildman–Crippen LogP) is 3.83. The number of aryl methyl sites for hydroxylation is 1. The van der Waals surface area contributed by atoms with Crippen LogP contribution in [0, 0.1) is 12.8 Å². The topological polar surface area (TPSA) is 76.4 Å². The summed E-state index contributed by atoms with van der Waals surface area (Å²) in [5.74, 6) is 2.22. The van der Waals surface area contributed by atoms with E-state index in [0.29, 0.717) is 19.0 Å². The smallest absolute Gasteiger partial charge is 0.279 e. The molecule has 2 aromatic carbocycles. The molecule has 5 rings (SSSR count). The Balaban J connectivity index is 1.62. The van der Waals surface area contributed by atoms with E-state index in [1.54, 1.807) is 38.5 Å². The van der Waals surface area contributed by atoms with E-state index in [0.717, 1.165) is 34.1 Å². The molecule has 0 aliphatic carbocycles. The van der Waals surface area contributed by atoms with Crippen molar-refractivity contribution in [3.63, 3.8) is 0 Å². The zero-order valence-electron chi connectivity index (χ0n) is 20.0. The fraction of sp³-hybridized carbons (Fsp3) is 0.269. The molecule has 1 unspecified atom stereocenters. The maximum absolute atomic E-state index is 13.4. The van der Waals surface area contributed by atoms with E-state index in [1.165, 1.54) is 4.41 Å². The number of ether oxygens (including phenoxy) is 2. The van der Waals surface area contributed by atoms with Crippen molar-refractivity contribution < 1.29 is 17.9 Å². The first kappa shape index (κ1) is 23.0. The molecule has 182 valence electrons. The lowest BCUT2D eigenvalue weighted by atomic mass is 9.94. The molecule has 0 N–H and O–H groups in total. The molecule has 0 spiro atoms. The summed E-state index contributed by atoms with van der Waals surface area (Å²) in [5.41, 5.74) is 3.51. The Morgan fingerprint density at radius 3 is 2.40 bits per heavy atom. The number of nitrogens with zero attached hydrogens (tertiary/aromatic N) is 4.